The van der Waals surface area contributed by atoms with Crippen LogP contribution in [0.25, 0.3) is 44.1 Å². The fourth-order valence-corrected chi connectivity index (χ4v) is 10.9. The summed E-state index contributed by atoms with van der Waals surface area (Å²) < 4.78 is 126. The van der Waals surface area contributed by atoms with E-state index in [1.54, 1.807) is 13.8 Å². The summed E-state index contributed by atoms with van der Waals surface area (Å²) in [4.78, 5) is 65.6. The van der Waals surface area contributed by atoms with Crippen molar-refractivity contribution in [3.05, 3.63) is 152 Å². The number of amides is 2. The molecule has 0 aliphatic rings. The van der Waals surface area contributed by atoms with Crippen LogP contribution in [0.3, 0.4) is 0 Å². The Morgan fingerprint density at radius 3 is 1.28 bits per heavy atom. The lowest BCUT2D eigenvalue weighted by Crippen LogP contribution is -2.32. The van der Waals surface area contributed by atoms with E-state index in [0.29, 0.717) is 0 Å². The van der Waals surface area contributed by atoms with E-state index in [1.807, 2.05) is 0 Å². The lowest BCUT2D eigenvalue weighted by atomic mass is 10.0. The number of benzene rings is 4. The number of halogens is 6. The second-order valence-electron chi connectivity index (χ2n) is 17.1. The predicted octanol–water partition coefficient (Wildman–Crippen LogP) is 7.16. The fraction of sp³-hybridized carbons (Fsp3) is 0.200. The maximum atomic E-state index is 15.0. The minimum Gasteiger partial charge on any atom is -0.480 e. The van der Waals surface area contributed by atoms with Gasteiger partial charge >= 0.3 is 0 Å². The summed E-state index contributed by atoms with van der Waals surface area (Å²) in [6.07, 6.45) is 4.97. The SMILES string of the molecule is CNC(=O)[C@@H](C)Cn1cnc2c(F)cc(-c3cnc(OC)c(NS(=O)(=O)c4ccc(F)cc4Cl)c3)cc2c1=O.CNC(=O)[C@H](C)Cn1cnc2c(F)cc(-c3cnc(OC)c(NS(=O)(=O)c4ccc(F)cc4Cl)c3)cc2c1=O. The first-order valence-corrected chi connectivity index (χ1v) is 26.5. The van der Waals surface area contributed by atoms with Crippen LogP contribution in [0, 0.1) is 35.1 Å². The first-order chi connectivity index (χ1) is 36.9. The predicted molar refractivity (Wildman–Crippen MR) is 282 cm³/mol. The van der Waals surface area contributed by atoms with Gasteiger partial charge < -0.3 is 20.1 Å². The highest BCUT2D eigenvalue weighted by molar-refractivity contribution is 7.93. The van der Waals surface area contributed by atoms with E-state index in [2.05, 4.69) is 40.0 Å². The number of sulfonamides is 2. The van der Waals surface area contributed by atoms with Gasteiger partial charge in [0.2, 0.25) is 23.6 Å². The number of anilines is 2. The van der Waals surface area contributed by atoms with Crippen LogP contribution in [0.2, 0.25) is 10.0 Å². The van der Waals surface area contributed by atoms with Crippen molar-refractivity contribution in [2.24, 2.45) is 11.8 Å². The maximum absolute atomic E-state index is 15.0. The smallest absolute Gasteiger partial charge is 0.263 e. The van der Waals surface area contributed by atoms with Crippen LogP contribution in [0.5, 0.6) is 11.8 Å². The fourth-order valence-electron chi connectivity index (χ4n) is 7.78. The Hall–Kier alpha value is -8.20. The van der Waals surface area contributed by atoms with Gasteiger partial charge in [0.25, 0.3) is 31.2 Å². The largest absolute Gasteiger partial charge is 0.480 e. The Morgan fingerprint density at radius 1 is 0.577 bits per heavy atom. The molecule has 4 aromatic heterocycles. The molecule has 2 amide bonds. The first kappa shape index (κ1) is 57.5. The number of fused-ring (bicyclic) bond motifs is 2. The Labute approximate surface area is 451 Å². The Morgan fingerprint density at radius 2 is 0.949 bits per heavy atom. The van der Waals surface area contributed by atoms with Crippen LogP contribution < -0.4 is 40.7 Å². The molecule has 78 heavy (non-hydrogen) atoms. The average Bonchev–Trinajstić information content (AvgIpc) is 3.43. The van der Waals surface area contributed by atoms with Crippen molar-refractivity contribution in [3.63, 3.8) is 0 Å². The number of rotatable bonds is 16. The van der Waals surface area contributed by atoms with E-state index in [-0.39, 0.29) is 112 Å². The van der Waals surface area contributed by atoms with E-state index < -0.39 is 66.3 Å². The van der Waals surface area contributed by atoms with Gasteiger partial charge in [0.15, 0.2) is 0 Å². The lowest BCUT2D eigenvalue weighted by Gasteiger charge is -2.14. The minimum atomic E-state index is -4.31. The summed E-state index contributed by atoms with van der Waals surface area (Å²) in [5.74, 6) is -4.85. The van der Waals surface area contributed by atoms with Crippen LogP contribution in [0.4, 0.5) is 28.9 Å². The number of hydrogen-bond donors (Lipinski definition) is 4. The Balaban J connectivity index is 0.000000226. The number of ether oxygens (including phenoxy) is 2. The second-order valence-corrected chi connectivity index (χ2v) is 21.2. The van der Waals surface area contributed by atoms with Gasteiger partial charge in [0.05, 0.1) is 59.5 Å². The molecular weight excluding hydrogens is 1110 g/mol. The molecular formula is C50H44Cl2F4N10O10S2. The minimum absolute atomic E-state index is 0.0231. The van der Waals surface area contributed by atoms with Gasteiger partial charge in [-0.05, 0) is 83.9 Å². The number of aromatic nitrogens is 6. The van der Waals surface area contributed by atoms with Crippen LogP contribution in [-0.4, -0.2) is 86.0 Å². The van der Waals surface area contributed by atoms with Gasteiger partial charge in [-0.15, -0.1) is 0 Å². The number of nitrogens with zero attached hydrogens (tertiary/aromatic N) is 6. The van der Waals surface area contributed by atoms with Gasteiger partial charge in [-0.2, -0.15) is 0 Å². The molecule has 0 aliphatic heterocycles. The van der Waals surface area contributed by atoms with Gasteiger partial charge in [0, 0.05) is 50.7 Å². The van der Waals surface area contributed by atoms with Gasteiger partial charge in [-0.25, -0.2) is 54.3 Å². The van der Waals surface area contributed by atoms with Crippen LogP contribution in [0.15, 0.2) is 117 Å². The molecule has 408 valence electrons. The molecule has 20 nitrogen and oxygen atoms in total. The molecule has 4 N–H and O–H groups in total. The monoisotopic (exact) mass is 1150 g/mol. The van der Waals surface area contributed by atoms with Crippen molar-refractivity contribution in [3.8, 4) is 34.0 Å². The summed E-state index contributed by atoms with van der Waals surface area (Å²) in [5.41, 5.74) is -0.798. The quantitative estimate of drug-likeness (QED) is 0.0700. The van der Waals surface area contributed by atoms with Crippen LogP contribution >= 0.6 is 23.2 Å². The normalized spacial score (nSPS) is 12.3. The molecule has 4 heterocycles. The highest BCUT2D eigenvalue weighted by Crippen LogP contribution is 2.35. The molecule has 0 unspecified atom stereocenters. The van der Waals surface area contributed by atoms with Crippen molar-refractivity contribution in [1.29, 1.82) is 0 Å². The molecule has 0 spiro atoms. The maximum Gasteiger partial charge on any atom is 0.263 e. The van der Waals surface area contributed by atoms with Gasteiger partial charge in [0.1, 0.15) is 55.5 Å². The van der Waals surface area contributed by atoms with Crippen molar-refractivity contribution < 1.29 is 53.5 Å². The Bertz CT molecular complexity index is 3790. The van der Waals surface area contributed by atoms with E-state index in [0.717, 1.165) is 48.5 Å². The zero-order chi connectivity index (χ0) is 57.0. The summed E-state index contributed by atoms with van der Waals surface area (Å²) in [6, 6.07) is 13.3. The molecule has 0 radical (unpaired) electrons. The van der Waals surface area contributed by atoms with Crippen molar-refractivity contribution in [2.45, 2.75) is 36.7 Å². The molecule has 28 heteroatoms. The van der Waals surface area contributed by atoms with E-state index >= 15 is 8.78 Å². The number of carbonyl (C=O) groups is 2. The summed E-state index contributed by atoms with van der Waals surface area (Å²) >= 11 is 11.9. The zero-order valence-electron chi connectivity index (χ0n) is 41.7. The van der Waals surface area contributed by atoms with Crippen LogP contribution in [0.1, 0.15) is 13.8 Å². The highest BCUT2D eigenvalue weighted by atomic mass is 35.5. The molecule has 2 atom stereocenters. The number of hydrogen-bond acceptors (Lipinski definition) is 14. The van der Waals surface area contributed by atoms with E-state index in [9.17, 15) is 44.8 Å². The van der Waals surface area contributed by atoms with Crippen molar-refractivity contribution >= 4 is 88.2 Å². The van der Waals surface area contributed by atoms with Crippen molar-refractivity contribution in [1.82, 2.24) is 39.7 Å². The molecule has 0 saturated heterocycles. The molecule has 8 rings (SSSR count). The average molecular weight is 1160 g/mol. The topological polar surface area (TPSA) is 265 Å². The molecule has 0 saturated carbocycles. The Kier molecular flexibility index (Phi) is 17.4. The third-order valence-electron chi connectivity index (χ3n) is 11.7. The van der Waals surface area contributed by atoms with Gasteiger partial charge in [-0.3, -0.25) is 37.8 Å². The summed E-state index contributed by atoms with van der Waals surface area (Å²) in [6.45, 7) is 3.32. The number of pyridine rings is 2. The van der Waals surface area contributed by atoms with Crippen LogP contribution in [-0.2, 0) is 42.7 Å². The molecule has 0 fully saturated rings. The lowest BCUT2D eigenvalue weighted by molar-refractivity contribution is -0.125. The van der Waals surface area contributed by atoms with Gasteiger partial charge in [-0.1, -0.05) is 37.0 Å². The first-order valence-electron chi connectivity index (χ1n) is 22.7. The zero-order valence-corrected chi connectivity index (χ0v) is 44.8. The third kappa shape index (κ3) is 12.5. The van der Waals surface area contributed by atoms with Crippen molar-refractivity contribution in [2.75, 3.05) is 37.8 Å². The van der Waals surface area contributed by atoms with E-state index in [1.165, 1.54) is 86.8 Å². The highest BCUT2D eigenvalue weighted by Gasteiger charge is 2.25. The number of nitrogens with one attached hydrogen (secondary N) is 4. The molecule has 0 aliphatic carbocycles. The number of carbonyl (C=O) groups excluding carboxylic acids is 2. The number of methoxy groups -OCH3 is 2. The summed E-state index contributed by atoms with van der Waals surface area (Å²) in [7, 11) is -3.11. The third-order valence-corrected chi connectivity index (χ3v) is 15.4. The molecule has 0 bridgehead atoms. The standard InChI is InChI=1S/2C25H22ClF2N5O5S/c2*1-13(23(34)29-2)11-33-12-31-22-17(25(33)35)6-14(7-19(22)28)15-8-20(24(38-3)30-10-15)32-39(36,37)21-5-4-16(27)9-18(21)26/h2*4-10,12-13,32H,11H2,1-3H3,(H,29,34)/t2*13-/m10/s1. The molecule has 8 aromatic rings. The summed E-state index contributed by atoms with van der Waals surface area (Å²) in [5, 5.41) is 4.24. The molecule has 4 aromatic carbocycles. The van der Waals surface area contributed by atoms with E-state index in [4.69, 9.17) is 32.7 Å². The second kappa shape index (κ2) is 23.6.